The topological polar surface area (TPSA) is 32.3 Å². The number of rotatable bonds is 4. The highest BCUT2D eigenvalue weighted by Crippen LogP contribution is 1.86. The predicted molar refractivity (Wildman–Crippen MR) is 39.4 cm³/mol. The molecule has 56 valence electrons. The SMILES string of the molecule is CC(C)CNCC(C)O. The van der Waals surface area contributed by atoms with Gasteiger partial charge in [-0.2, -0.15) is 0 Å². The molecule has 0 saturated heterocycles. The van der Waals surface area contributed by atoms with Crippen LogP contribution in [-0.2, 0) is 0 Å². The third-order valence-electron chi connectivity index (χ3n) is 0.992. The Morgan fingerprint density at radius 3 is 2.11 bits per heavy atom. The highest BCUT2D eigenvalue weighted by Gasteiger charge is 1.95. The van der Waals surface area contributed by atoms with Crippen LogP contribution in [0.5, 0.6) is 0 Å². The summed E-state index contributed by atoms with van der Waals surface area (Å²) in [7, 11) is 0. The molecule has 2 nitrogen and oxygen atoms in total. The maximum atomic E-state index is 8.80. The lowest BCUT2D eigenvalue weighted by Crippen LogP contribution is -2.27. The van der Waals surface area contributed by atoms with E-state index in [1.165, 1.54) is 0 Å². The maximum Gasteiger partial charge on any atom is 0.0636 e. The van der Waals surface area contributed by atoms with Crippen LogP contribution in [0.1, 0.15) is 20.8 Å². The fourth-order valence-corrected chi connectivity index (χ4v) is 0.581. The van der Waals surface area contributed by atoms with E-state index in [1.807, 2.05) is 0 Å². The Bertz CT molecular complexity index is 53.9. The van der Waals surface area contributed by atoms with Crippen LogP contribution in [0.25, 0.3) is 0 Å². The Morgan fingerprint density at radius 2 is 1.78 bits per heavy atom. The minimum absolute atomic E-state index is 0.219. The van der Waals surface area contributed by atoms with Crippen LogP contribution in [0.3, 0.4) is 0 Å². The number of hydrogen-bond donors (Lipinski definition) is 2. The van der Waals surface area contributed by atoms with Crippen LogP contribution in [0, 0.1) is 5.92 Å². The molecule has 0 spiro atoms. The minimum atomic E-state index is -0.219. The van der Waals surface area contributed by atoms with Gasteiger partial charge in [-0.1, -0.05) is 13.8 Å². The van der Waals surface area contributed by atoms with Crippen molar-refractivity contribution in [3.8, 4) is 0 Å². The largest absolute Gasteiger partial charge is 0.392 e. The van der Waals surface area contributed by atoms with E-state index in [-0.39, 0.29) is 6.10 Å². The molecule has 0 saturated carbocycles. The van der Waals surface area contributed by atoms with Gasteiger partial charge in [-0.15, -0.1) is 0 Å². The van der Waals surface area contributed by atoms with Crippen molar-refractivity contribution < 1.29 is 5.11 Å². The van der Waals surface area contributed by atoms with Gasteiger partial charge in [0.2, 0.25) is 0 Å². The summed E-state index contributed by atoms with van der Waals surface area (Å²) in [5.74, 6) is 0.670. The van der Waals surface area contributed by atoms with Crippen LogP contribution in [0.4, 0.5) is 0 Å². The molecule has 0 rings (SSSR count). The lowest BCUT2D eigenvalue weighted by molar-refractivity contribution is 0.190. The van der Waals surface area contributed by atoms with Crippen molar-refractivity contribution in [3.63, 3.8) is 0 Å². The van der Waals surface area contributed by atoms with Crippen LogP contribution in [0.15, 0.2) is 0 Å². The van der Waals surface area contributed by atoms with E-state index in [0.29, 0.717) is 12.5 Å². The first-order chi connectivity index (χ1) is 4.13. The molecule has 1 unspecified atom stereocenters. The standard InChI is InChI=1S/C7H17NO/c1-6(2)4-8-5-7(3)9/h6-9H,4-5H2,1-3H3. The molecule has 0 bridgehead atoms. The minimum Gasteiger partial charge on any atom is -0.392 e. The van der Waals surface area contributed by atoms with E-state index in [1.54, 1.807) is 6.92 Å². The van der Waals surface area contributed by atoms with Crippen LogP contribution in [-0.4, -0.2) is 24.3 Å². The Labute approximate surface area is 57.3 Å². The summed E-state index contributed by atoms with van der Waals surface area (Å²) in [6, 6.07) is 0. The highest BCUT2D eigenvalue weighted by molar-refractivity contribution is 4.54. The normalized spacial score (nSPS) is 14.3. The monoisotopic (exact) mass is 131 g/mol. The van der Waals surface area contributed by atoms with Gasteiger partial charge in [0.05, 0.1) is 6.10 Å². The molecule has 2 heteroatoms. The van der Waals surface area contributed by atoms with E-state index >= 15 is 0 Å². The molecule has 0 amide bonds. The molecule has 0 aliphatic carbocycles. The molecule has 0 aromatic carbocycles. The zero-order valence-corrected chi connectivity index (χ0v) is 6.52. The molecule has 1 atom stereocenters. The van der Waals surface area contributed by atoms with Crippen LogP contribution in [0.2, 0.25) is 0 Å². The quantitative estimate of drug-likeness (QED) is 0.586. The lowest BCUT2D eigenvalue weighted by atomic mass is 10.2. The Kier molecular flexibility index (Phi) is 4.72. The first-order valence-electron chi connectivity index (χ1n) is 3.51. The fourth-order valence-electron chi connectivity index (χ4n) is 0.581. The number of nitrogens with one attached hydrogen (secondary N) is 1. The second kappa shape index (κ2) is 4.77. The molecular weight excluding hydrogens is 114 g/mol. The predicted octanol–water partition coefficient (Wildman–Crippen LogP) is 0.613. The highest BCUT2D eigenvalue weighted by atomic mass is 16.3. The van der Waals surface area contributed by atoms with Gasteiger partial charge in [-0.3, -0.25) is 0 Å². The van der Waals surface area contributed by atoms with Gasteiger partial charge in [-0.25, -0.2) is 0 Å². The average Bonchev–Trinajstić information content (AvgIpc) is 1.63. The molecule has 0 fully saturated rings. The second-order valence-electron chi connectivity index (χ2n) is 2.90. The van der Waals surface area contributed by atoms with Crippen molar-refractivity contribution in [2.75, 3.05) is 13.1 Å². The van der Waals surface area contributed by atoms with Gasteiger partial charge in [0.15, 0.2) is 0 Å². The molecule has 0 heterocycles. The van der Waals surface area contributed by atoms with Gasteiger partial charge in [0.1, 0.15) is 0 Å². The van der Waals surface area contributed by atoms with E-state index < -0.39 is 0 Å². The van der Waals surface area contributed by atoms with Crippen molar-refractivity contribution >= 4 is 0 Å². The van der Waals surface area contributed by atoms with Crippen molar-refractivity contribution in [3.05, 3.63) is 0 Å². The zero-order chi connectivity index (χ0) is 7.28. The van der Waals surface area contributed by atoms with Gasteiger partial charge in [-0.05, 0) is 19.4 Å². The first-order valence-corrected chi connectivity index (χ1v) is 3.51. The third kappa shape index (κ3) is 7.92. The molecule has 0 radical (unpaired) electrons. The number of aliphatic hydroxyl groups is 1. The molecular formula is C7H17NO. The van der Waals surface area contributed by atoms with Crippen molar-refractivity contribution in [2.45, 2.75) is 26.9 Å². The molecule has 0 aromatic rings. The van der Waals surface area contributed by atoms with Gasteiger partial charge >= 0.3 is 0 Å². The number of aliphatic hydroxyl groups excluding tert-OH is 1. The van der Waals surface area contributed by atoms with E-state index in [4.69, 9.17) is 5.11 Å². The molecule has 9 heavy (non-hydrogen) atoms. The average molecular weight is 131 g/mol. The summed E-state index contributed by atoms with van der Waals surface area (Å²) in [5.41, 5.74) is 0. The van der Waals surface area contributed by atoms with E-state index in [2.05, 4.69) is 19.2 Å². The van der Waals surface area contributed by atoms with Crippen LogP contribution < -0.4 is 5.32 Å². The maximum absolute atomic E-state index is 8.80. The third-order valence-corrected chi connectivity index (χ3v) is 0.992. The summed E-state index contributed by atoms with van der Waals surface area (Å²) in [5, 5.41) is 11.9. The zero-order valence-electron chi connectivity index (χ0n) is 6.52. The molecule has 0 aliphatic rings. The molecule has 0 aromatic heterocycles. The summed E-state index contributed by atoms with van der Waals surface area (Å²) in [6.07, 6.45) is -0.219. The Hall–Kier alpha value is -0.0800. The molecule has 2 N–H and O–H groups in total. The van der Waals surface area contributed by atoms with E-state index in [0.717, 1.165) is 6.54 Å². The lowest BCUT2D eigenvalue weighted by Gasteiger charge is -2.08. The molecule has 0 aliphatic heterocycles. The Morgan fingerprint density at radius 1 is 1.22 bits per heavy atom. The van der Waals surface area contributed by atoms with Crippen molar-refractivity contribution in [1.29, 1.82) is 0 Å². The van der Waals surface area contributed by atoms with Crippen LogP contribution >= 0.6 is 0 Å². The van der Waals surface area contributed by atoms with E-state index in [9.17, 15) is 0 Å². The van der Waals surface area contributed by atoms with Gasteiger partial charge in [0.25, 0.3) is 0 Å². The van der Waals surface area contributed by atoms with Crippen molar-refractivity contribution in [1.82, 2.24) is 5.32 Å². The fraction of sp³-hybridized carbons (Fsp3) is 1.00. The summed E-state index contributed by atoms with van der Waals surface area (Å²) in [6.45, 7) is 7.78. The van der Waals surface area contributed by atoms with Crippen molar-refractivity contribution in [2.24, 2.45) is 5.92 Å². The van der Waals surface area contributed by atoms with Gasteiger partial charge in [0, 0.05) is 6.54 Å². The van der Waals surface area contributed by atoms with Gasteiger partial charge < -0.3 is 10.4 Å². The Balaban J connectivity index is 2.91. The number of hydrogen-bond acceptors (Lipinski definition) is 2. The summed E-state index contributed by atoms with van der Waals surface area (Å²) >= 11 is 0. The second-order valence-corrected chi connectivity index (χ2v) is 2.90. The first kappa shape index (κ1) is 8.92. The summed E-state index contributed by atoms with van der Waals surface area (Å²) in [4.78, 5) is 0. The smallest absolute Gasteiger partial charge is 0.0636 e. The summed E-state index contributed by atoms with van der Waals surface area (Å²) < 4.78 is 0.